The molecule has 2 aliphatic rings. The smallest absolute Gasteiger partial charge is 0.332 e. The van der Waals surface area contributed by atoms with E-state index in [9.17, 15) is 29.4 Å². The van der Waals surface area contributed by atoms with Gasteiger partial charge in [0.05, 0.1) is 54.3 Å². The Kier molecular flexibility index (Phi) is 12.9. The lowest BCUT2D eigenvalue weighted by atomic mass is 10.2. The monoisotopic (exact) mass is 900 g/mol. The van der Waals surface area contributed by atoms with Crippen LogP contribution < -0.4 is 22.8 Å². The number of nitrogens with two attached hydrogens (primary N) is 2. The highest BCUT2D eigenvalue weighted by Gasteiger charge is 2.42. The molecule has 8 rings (SSSR count). The van der Waals surface area contributed by atoms with Crippen LogP contribution in [-0.2, 0) is 41.6 Å². The molecule has 2 fully saturated rings. The molecule has 6 atom stereocenters. The molecule has 0 bridgehead atoms. The van der Waals surface area contributed by atoms with Crippen molar-refractivity contribution in [1.29, 1.82) is 0 Å². The topological polar surface area (TPSA) is 269 Å². The van der Waals surface area contributed by atoms with E-state index in [-0.39, 0.29) is 62.3 Å². The second kappa shape index (κ2) is 18.2. The molecule has 6 N–H and O–H groups in total. The fourth-order valence-electron chi connectivity index (χ4n) is 7.20. The van der Waals surface area contributed by atoms with Crippen molar-refractivity contribution in [2.75, 3.05) is 24.7 Å². The summed E-state index contributed by atoms with van der Waals surface area (Å²) in [6, 6.07) is 12.2. The van der Waals surface area contributed by atoms with E-state index >= 15 is 0 Å². The van der Waals surface area contributed by atoms with Gasteiger partial charge in [0.15, 0.2) is 23.8 Å². The first-order chi connectivity index (χ1) is 29.1. The number of aliphatic hydroxyl groups is 2. The van der Waals surface area contributed by atoms with Crippen LogP contribution in [0.5, 0.6) is 0 Å². The minimum atomic E-state index is -1.02. The maximum absolute atomic E-state index is 13.6. The summed E-state index contributed by atoms with van der Waals surface area (Å²) in [5, 5.41) is 20.9. The number of anilines is 2. The van der Waals surface area contributed by atoms with Gasteiger partial charge in [-0.2, -0.15) is 9.97 Å². The highest BCUT2D eigenvalue weighted by atomic mass is 35.5. The van der Waals surface area contributed by atoms with Gasteiger partial charge in [-0.15, -0.1) is 0 Å². The number of benzene rings is 2. The predicted molar refractivity (Wildman–Crippen MR) is 221 cm³/mol. The second-order valence-corrected chi connectivity index (χ2v) is 15.4. The van der Waals surface area contributed by atoms with E-state index in [1.807, 2.05) is 6.07 Å². The highest BCUT2D eigenvalue weighted by molar-refractivity contribution is 6.42. The predicted octanol–water partition coefficient (Wildman–Crippen LogP) is 2.83. The molecule has 0 aliphatic carbocycles. The molecule has 0 radical (unpaired) electrons. The Labute approximate surface area is 360 Å². The number of nitrogens with zero attached hydrogens (tertiary/aromatic N) is 8. The van der Waals surface area contributed by atoms with E-state index in [0.717, 1.165) is 5.56 Å². The fraction of sp³-hybridized carbons (Fsp3) is 0.368. The average molecular weight is 902 g/mol. The third kappa shape index (κ3) is 9.35. The lowest BCUT2D eigenvalue weighted by molar-refractivity contribution is -0.153. The molecule has 0 saturated carbocycles. The third-order valence-electron chi connectivity index (χ3n) is 9.82. The molecule has 0 spiro atoms. The number of hydrogen-bond acceptors (Lipinski definition) is 16. The number of aliphatic hydroxyl groups excluding tert-OH is 2. The lowest BCUT2D eigenvalue weighted by Gasteiger charge is -2.19. The average Bonchev–Trinajstić information content (AvgIpc) is 3.92. The number of imidazole rings is 2. The number of aromatic nitrogens is 8. The molecule has 61 heavy (non-hydrogen) atoms. The third-order valence-corrected chi connectivity index (χ3v) is 10.8. The van der Waals surface area contributed by atoms with E-state index in [2.05, 4.69) is 19.9 Å². The highest BCUT2D eigenvalue weighted by Crippen LogP contribution is 2.34. The van der Waals surface area contributed by atoms with Crippen LogP contribution in [-0.4, -0.2) is 98.0 Å². The quantitative estimate of drug-likeness (QED) is 0.144. The number of ether oxygens (including phenoxy) is 4. The molecule has 6 heterocycles. The first-order valence-electron chi connectivity index (χ1n) is 18.7. The molecule has 23 heteroatoms. The molecule has 6 aromatic rings. The van der Waals surface area contributed by atoms with Crippen molar-refractivity contribution in [3.63, 3.8) is 0 Å². The van der Waals surface area contributed by atoms with E-state index < -0.39 is 60.2 Å². The molecular formula is C38H39Cl3N10O10. The number of rotatable bonds is 10. The molecule has 4 aromatic heterocycles. The molecule has 0 amide bonds. The number of fused-ring (bicyclic) bond motifs is 2. The van der Waals surface area contributed by atoms with E-state index in [1.54, 1.807) is 36.4 Å². The summed E-state index contributed by atoms with van der Waals surface area (Å²) in [5.74, 6) is -1.07. The number of carbonyl (C=O) groups is 2. The zero-order chi connectivity index (χ0) is 43.7. The van der Waals surface area contributed by atoms with Gasteiger partial charge in [-0.25, -0.2) is 28.7 Å². The Morgan fingerprint density at radius 2 is 1.39 bits per heavy atom. The normalized spacial score (nSPS) is 21.1. The van der Waals surface area contributed by atoms with Gasteiger partial charge in [0.25, 0.3) is 0 Å². The summed E-state index contributed by atoms with van der Waals surface area (Å²) >= 11 is 18.2. The Balaban J connectivity index is 0.000000189. The van der Waals surface area contributed by atoms with Gasteiger partial charge >= 0.3 is 23.3 Å². The van der Waals surface area contributed by atoms with Crippen LogP contribution in [0.25, 0.3) is 22.3 Å². The van der Waals surface area contributed by atoms with E-state index in [0.29, 0.717) is 31.7 Å². The largest absolute Gasteiger partial charge is 0.463 e. The molecule has 2 aromatic carbocycles. The van der Waals surface area contributed by atoms with Crippen LogP contribution in [0, 0.1) is 0 Å². The SMILES string of the molecule is CC(=O)OC[C@@H]1C[C@@H](OC(C)=O)[C@H](n2c(=O)n(Cc3ccc(Cl)c(Cl)c3)c3cnc(N)nc32)O1.Nc1ncc2c(n1)n([C@@H]1O[C@H](CO)C[C@H]1O)c(=O)n2Cc1cccc(Cl)c1. The van der Waals surface area contributed by atoms with E-state index in [4.69, 9.17) is 65.2 Å². The van der Waals surface area contributed by atoms with Crippen molar-refractivity contribution in [2.45, 2.75) is 76.7 Å². The summed E-state index contributed by atoms with van der Waals surface area (Å²) in [6.07, 6.45) is -1.60. The van der Waals surface area contributed by atoms with Gasteiger partial charge in [0.2, 0.25) is 11.9 Å². The Morgan fingerprint density at radius 3 is 1.93 bits per heavy atom. The molecule has 2 saturated heterocycles. The Hall–Kier alpha value is -5.61. The van der Waals surface area contributed by atoms with Gasteiger partial charge in [0, 0.05) is 31.7 Å². The second-order valence-electron chi connectivity index (χ2n) is 14.2. The molecule has 20 nitrogen and oxygen atoms in total. The van der Waals surface area contributed by atoms with Crippen molar-refractivity contribution < 1.29 is 38.7 Å². The number of nitrogen functional groups attached to an aromatic ring is 2. The van der Waals surface area contributed by atoms with Gasteiger partial charge in [0.1, 0.15) is 29.8 Å². The van der Waals surface area contributed by atoms with E-state index in [1.165, 1.54) is 44.5 Å². The zero-order valence-corrected chi connectivity index (χ0v) is 34.7. The summed E-state index contributed by atoms with van der Waals surface area (Å²) in [4.78, 5) is 66.1. The zero-order valence-electron chi connectivity index (χ0n) is 32.4. The van der Waals surface area contributed by atoms with Gasteiger partial charge < -0.3 is 40.6 Å². The molecular weight excluding hydrogens is 863 g/mol. The van der Waals surface area contributed by atoms with Crippen LogP contribution in [0.2, 0.25) is 15.1 Å². The van der Waals surface area contributed by atoms with Crippen molar-refractivity contribution in [3.8, 4) is 0 Å². The van der Waals surface area contributed by atoms with Gasteiger partial charge in [-0.3, -0.25) is 18.7 Å². The van der Waals surface area contributed by atoms with Crippen molar-refractivity contribution in [3.05, 3.63) is 102 Å². The van der Waals surface area contributed by atoms with Crippen molar-refractivity contribution >= 4 is 81.0 Å². The number of hydrogen-bond donors (Lipinski definition) is 4. The number of halogens is 3. The molecule has 322 valence electrons. The number of esters is 2. The van der Waals surface area contributed by atoms with Gasteiger partial charge in [-0.05, 0) is 35.4 Å². The van der Waals surface area contributed by atoms with Crippen molar-refractivity contribution in [2.24, 2.45) is 0 Å². The summed E-state index contributed by atoms with van der Waals surface area (Å²) in [6.45, 7) is 2.60. The van der Waals surface area contributed by atoms with Crippen LogP contribution in [0.1, 0.15) is 50.3 Å². The summed E-state index contributed by atoms with van der Waals surface area (Å²) in [5.41, 5.74) is 13.4. The maximum atomic E-state index is 13.6. The molecule has 0 unspecified atom stereocenters. The van der Waals surface area contributed by atoms with Gasteiger partial charge in [-0.1, -0.05) is 53.0 Å². The minimum absolute atomic E-state index is 0.00218. The summed E-state index contributed by atoms with van der Waals surface area (Å²) in [7, 11) is 0. The van der Waals surface area contributed by atoms with Crippen molar-refractivity contribution in [1.82, 2.24) is 38.2 Å². The van der Waals surface area contributed by atoms with Crippen LogP contribution in [0.15, 0.2) is 64.4 Å². The lowest BCUT2D eigenvalue weighted by Crippen LogP contribution is -2.34. The Morgan fingerprint density at radius 1 is 0.803 bits per heavy atom. The maximum Gasteiger partial charge on any atom is 0.332 e. The first kappa shape index (κ1) is 43.5. The van der Waals surface area contributed by atoms with Crippen LogP contribution in [0.3, 0.4) is 0 Å². The Bertz CT molecular complexity index is 2740. The van der Waals surface area contributed by atoms with Crippen LogP contribution >= 0.6 is 34.8 Å². The summed E-state index contributed by atoms with van der Waals surface area (Å²) < 4.78 is 27.5. The van der Waals surface area contributed by atoms with Crippen LogP contribution in [0.4, 0.5) is 11.9 Å². The molecule has 2 aliphatic heterocycles. The standard InChI is InChI=1S/C21H21Cl2N5O6.C17H18ClN5O4/c1-10(29)32-9-13-6-17(33-11(2)30)19(34-13)28-18-16(7-25-20(24)26-18)27(21(28)31)8-12-3-4-14(22)15(23)5-12;18-10-3-1-2-9(4-10)7-22-12-6-20-16(19)21-14(12)23(17(22)26)15-13(25)5-11(8-24)27-15/h3-5,7,13,17,19H,6,8-9H2,1-2H3,(H2,24,25,26);1-4,6,11,13,15,24-25H,5,7-8H2,(H2,19,20,21)/t13-,17+,19+;11-,13+,15+/m00/s1. The minimum Gasteiger partial charge on any atom is -0.463 e. The number of carbonyl (C=O) groups excluding carboxylic acids is 2. The fourth-order valence-corrected chi connectivity index (χ4v) is 7.74. The first-order valence-corrected chi connectivity index (χ1v) is 19.8.